The number of halogens is 3. The first kappa shape index (κ1) is 15.0. The van der Waals surface area contributed by atoms with Gasteiger partial charge in [-0.3, -0.25) is 0 Å². The first-order valence-corrected chi connectivity index (χ1v) is 7.08. The van der Waals surface area contributed by atoms with Crippen molar-refractivity contribution < 1.29 is 13.2 Å². The summed E-state index contributed by atoms with van der Waals surface area (Å²) >= 11 is 1.45. The molecule has 0 saturated carbocycles. The predicted molar refractivity (Wildman–Crippen MR) is 73.5 cm³/mol. The van der Waals surface area contributed by atoms with Crippen LogP contribution in [0.4, 0.5) is 13.2 Å². The third kappa shape index (κ3) is 4.31. The maximum absolute atomic E-state index is 12.7. The highest BCUT2D eigenvalue weighted by Crippen LogP contribution is 2.30. The second-order valence-corrected chi connectivity index (χ2v) is 5.46. The van der Waals surface area contributed by atoms with E-state index >= 15 is 0 Å². The zero-order valence-corrected chi connectivity index (χ0v) is 11.8. The number of alkyl halides is 3. The number of nitrogens with zero attached hydrogens (tertiary/aromatic N) is 1. The van der Waals surface area contributed by atoms with Gasteiger partial charge in [0.25, 0.3) is 0 Å². The van der Waals surface area contributed by atoms with E-state index in [1.165, 1.54) is 11.3 Å². The van der Waals surface area contributed by atoms with Gasteiger partial charge in [-0.15, -0.1) is 11.3 Å². The Hall–Kier alpha value is -1.40. The molecule has 2 rings (SSSR count). The van der Waals surface area contributed by atoms with Gasteiger partial charge in [-0.2, -0.15) is 13.2 Å². The van der Waals surface area contributed by atoms with E-state index in [1.807, 2.05) is 6.92 Å². The van der Waals surface area contributed by atoms with E-state index in [2.05, 4.69) is 10.3 Å². The largest absolute Gasteiger partial charge is 0.390 e. The van der Waals surface area contributed by atoms with E-state index in [0.29, 0.717) is 12.1 Å². The Balaban J connectivity index is 2.09. The Morgan fingerprint density at radius 3 is 2.50 bits per heavy atom. The molecule has 2 aromatic rings. The molecular weight excluding hydrogens is 285 g/mol. The van der Waals surface area contributed by atoms with Crippen LogP contribution in [0.25, 0.3) is 0 Å². The summed E-state index contributed by atoms with van der Waals surface area (Å²) in [6.45, 7) is 2.25. The fourth-order valence-corrected chi connectivity index (χ4v) is 2.66. The molecule has 0 aliphatic rings. The van der Waals surface area contributed by atoms with Crippen LogP contribution in [0.1, 0.15) is 28.6 Å². The number of aryl methyl sites for hydroxylation is 1. The Labute approximate surface area is 119 Å². The fraction of sp³-hybridized carbons (Fsp3) is 0.357. The van der Waals surface area contributed by atoms with E-state index in [0.717, 1.165) is 10.6 Å². The quantitative estimate of drug-likeness (QED) is 0.893. The minimum absolute atomic E-state index is 0.395. The molecule has 1 aromatic carbocycles. The van der Waals surface area contributed by atoms with Crippen molar-refractivity contribution in [2.24, 2.45) is 0 Å². The predicted octanol–water partition coefficient (Wildman–Crippen LogP) is 4.23. The number of rotatable bonds is 5. The Morgan fingerprint density at radius 1 is 1.25 bits per heavy atom. The first-order chi connectivity index (χ1) is 9.46. The molecule has 0 radical (unpaired) electrons. The lowest BCUT2D eigenvalue weighted by Crippen LogP contribution is -2.26. The summed E-state index contributed by atoms with van der Waals surface area (Å²) in [6, 6.07) is 7.97. The molecule has 0 aliphatic heterocycles. The molecule has 20 heavy (non-hydrogen) atoms. The summed E-state index contributed by atoms with van der Waals surface area (Å²) in [4.78, 5) is 5.06. The van der Waals surface area contributed by atoms with Crippen molar-refractivity contribution in [2.75, 3.05) is 0 Å². The Kier molecular flexibility index (Phi) is 4.77. The third-order valence-corrected chi connectivity index (χ3v) is 3.93. The van der Waals surface area contributed by atoms with Gasteiger partial charge in [-0.25, -0.2) is 4.98 Å². The molecule has 108 valence electrons. The smallest absolute Gasteiger partial charge is 0.305 e. The molecule has 1 aromatic heterocycles. The fourth-order valence-electron chi connectivity index (χ4n) is 1.94. The molecule has 0 spiro atoms. The van der Waals surface area contributed by atoms with Gasteiger partial charge in [-0.1, -0.05) is 30.3 Å². The number of aromatic nitrogens is 1. The Bertz CT molecular complexity index is 537. The van der Waals surface area contributed by atoms with Crippen LogP contribution in [-0.2, 0) is 6.54 Å². The maximum Gasteiger partial charge on any atom is 0.390 e. The summed E-state index contributed by atoms with van der Waals surface area (Å²) in [7, 11) is 0. The molecule has 1 unspecified atom stereocenters. The molecule has 6 heteroatoms. The van der Waals surface area contributed by atoms with Crippen molar-refractivity contribution in [1.29, 1.82) is 0 Å². The van der Waals surface area contributed by atoms with Crippen LogP contribution in [-0.4, -0.2) is 11.2 Å². The topological polar surface area (TPSA) is 24.9 Å². The number of nitrogens with one attached hydrogen (secondary N) is 1. The Morgan fingerprint density at radius 2 is 1.95 bits per heavy atom. The molecule has 0 amide bonds. The molecule has 1 atom stereocenters. The summed E-state index contributed by atoms with van der Waals surface area (Å²) < 4.78 is 38.1. The minimum Gasteiger partial charge on any atom is -0.305 e. The van der Waals surface area contributed by atoms with Crippen molar-refractivity contribution >= 4 is 11.3 Å². The molecular formula is C14H15F3N2S. The van der Waals surface area contributed by atoms with Crippen molar-refractivity contribution in [2.45, 2.75) is 32.1 Å². The summed E-state index contributed by atoms with van der Waals surface area (Å²) in [5, 5.41) is 2.99. The number of benzene rings is 1. The second-order valence-electron chi connectivity index (χ2n) is 4.52. The van der Waals surface area contributed by atoms with Gasteiger partial charge in [-0.05, 0) is 12.5 Å². The number of hydrogen-bond donors (Lipinski definition) is 1. The summed E-state index contributed by atoms with van der Waals surface area (Å²) in [6.07, 6.45) is -5.08. The molecule has 0 fully saturated rings. The molecule has 0 aliphatic carbocycles. The highest BCUT2D eigenvalue weighted by molar-refractivity contribution is 7.09. The standard InChI is InChI=1S/C14H15F3N2S/c1-10-13(20-9-19-10)8-18-12(7-14(15,16)17)11-5-3-2-4-6-11/h2-6,9,12,18H,7-8H2,1H3. The number of hydrogen-bond acceptors (Lipinski definition) is 3. The lowest BCUT2D eigenvalue weighted by molar-refractivity contribution is -0.140. The van der Waals surface area contributed by atoms with E-state index in [1.54, 1.807) is 35.8 Å². The van der Waals surface area contributed by atoms with Crippen molar-refractivity contribution in [3.8, 4) is 0 Å². The normalized spacial score (nSPS) is 13.4. The van der Waals surface area contributed by atoms with E-state index < -0.39 is 18.6 Å². The van der Waals surface area contributed by atoms with Crippen molar-refractivity contribution in [3.63, 3.8) is 0 Å². The van der Waals surface area contributed by atoms with Gasteiger partial charge in [0.15, 0.2) is 0 Å². The highest BCUT2D eigenvalue weighted by atomic mass is 32.1. The van der Waals surface area contributed by atoms with E-state index in [4.69, 9.17) is 0 Å². The SMILES string of the molecule is Cc1ncsc1CNC(CC(F)(F)F)c1ccccc1. The van der Waals surface area contributed by atoms with Gasteiger partial charge >= 0.3 is 6.18 Å². The number of thiazole rings is 1. The van der Waals surface area contributed by atoms with Crippen LogP contribution < -0.4 is 5.32 Å². The van der Waals surface area contributed by atoms with Gasteiger partial charge < -0.3 is 5.32 Å². The van der Waals surface area contributed by atoms with Crippen LogP contribution in [0.2, 0.25) is 0 Å². The lowest BCUT2D eigenvalue weighted by atomic mass is 10.0. The van der Waals surface area contributed by atoms with Gasteiger partial charge in [0, 0.05) is 17.5 Å². The average molecular weight is 300 g/mol. The van der Waals surface area contributed by atoms with Gasteiger partial charge in [0.05, 0.1) is 17.6 Å². The van der Waals surface area contributed by atoms with Gasteiger partial charge in [0.1, 0.15) is 0 Å². The first-order valence-electron chi connectivity index (χ1n) is 6.20. The molecule has 1 heterocycles. The highest BCUT2D eigenvalue weighted by Gasteiger charge is 2.32. The van der Waals surface area contributed by atoms with Crippen molar-refractivity contribution in [1.82, 2.24) is 10.3 Å². The average Bonchev–Trinajstić information content (AvgIpc) is 2.80. The van der Waals surface area contributed by atoms with E-state index in [9.17, 15) is 13.2 Å². The summed E-state index contributed by atoms with van der Waals surface area (Å²) in [5.74, 6) is 0. The van der Waals surface area contributed by atoms with Crippen LogP contribution >= 0.6 is 11.3 Å². The van der Waals surface area contributed by atoms with Gasteiger partial charge in [0.2, 0.25) is 0 Å². The zero-order chi connectivity index (χ0) is 14.6. The monoisotopic (exact) mass is 300 g/mol. The summed E-state index contributed by atoms with van der Waals surface area (Å²) in [5.41, 5.74) is 3.21. The van der Waals surface area contributed by atoms with Crippen LogP contribution in [0.5, 0.6) is 0 Å². The molecule has 1 N–H and O–H groups in total. The molecule has 2 nitrogen and oxygen atoms in total. The zero-order valence-electron chi connectivity index (χ0n) is 10.9. The minimum atomic E-state index is -4.20. The van der Waals surface area contributed by atoms with E-state index in [-0.39, 0.29) is 0 Å². The van der Waals surface area contributed by atoms with Crippen molar-refractivity contribution in [3.05, 3.63) is 52.0 Å². The third-order valence-electron chi connectivity index (χ3n) is 2.99. The van der Waals surface area contributed by atoms with Crippen LogP contribution in [0.15, 0.2) is 35.8 Å². The maximum atomic E-state index is 12.7. The second kappa shape index (κ2) is 6.37. The van der Waals surface area contributed by atoms with Crippen LogP contribution in [0.3, 0.4) is 0 Å². The lowest BCUT2D eigenvalue weighted by Gasteiger charge is -2.20. The molecule has 0 bridgehead atoms. The molecule has 0 saturated heterocycles. The van der Waals surface area contributed by atoms with Crippen LogP contribution in [0, 0.1) is 6.92 Å².